The van der Waals surface area contributed by atoms with Crippen LogP contribution in [0, 0.1) is 0 Å². The van der Waals surface area contributed by atoms with Crippen LogP contribution in [0.15, 0.2) is 59.3 Å². The molecule has 0 aliphatic carbocycles. The molecule has 0 unspecified atom stereocenters. The summed E-state index contributed by atoms with van der Waals surface area (Å²) in [6.07, 6.45) is 0. The Balaban J connectivity index is 1.97. The van der Waals surface area contributed by atoms with Crippen LogP contribution in [0.2, 0.25) is 0 Å². The Hall–Kier alpha value is -3.08. The van der Waals surface area contributed by atoms with Gasteiger partial charge in [0, 0.05) is 52.5 Å². The third-order valence-corrected chi connectivity index (χ3v) is 8.21. The molecule has 2 aromatic heterocycles. The van der Waals surface area contributed by atoms with Crippen LogP contribution in [-0.4, -0.2) is 14.2 Å². The van der Waals surface area contributed by atoms with Gasteiger partial charge in [-0.15, -0.1) is 22.7 Å². The van der Waals surface area contributed by atoms with E-state index in [0.717, 1.165) is 22.3 Å². The van der Waals surface area contributed by atoms with Gasteiger partial charge in [-0.1, -0.05) is 36.4 Å². The summed E-state index contributed by atoms with van der Waals surface area (Å²) in [7, 11) is 3.46. The molecule has 144 valence electrons. The maximum atomic E-state index is 5.87. The number of rotatable bonds is 2. The second kappa shape index (κ2) is 5.75. The lowest BCUT2D eigenvalue weighted by Gasteiger charge is -2.20. The molecule has 0 saturated heterocycles. The van der Waals surface area contributed by atoms with Crippen molar-refractivity contribution in [2.75, 3.05) is 14.2 Å². The van der Waals surface area contributed by atoms with E-state index in [9.17, 15) is 0 Å². The Morgan fingerprint density at radius 3 is 1.37 bits per heavy atom. The standard InChI is InChI=1S/C26H16O2S2/c1-27-23-17-7-3-5-15-19(17)20-16(6-4-8-18(20)24(23)28-2)22-21(15)25-13(9-11-29-25)14-10-12-30-26(14)22/h3-12H,1-2H3. The van der Waals surface area contributed by atoms with Gasteiger partial charge in [-0.25, -0.2) is 0 Å². The SMILES string of the molecule is COc1c(OC)c2cccc3c2c2c1cccc2c1c2sccc2c2ccsc2c31. The number of hydrogen-bond donors (Lipinski definition) is 0. The molecule has 0 bridgehead atoms. The second-order valence-electron chi connectivity index (χ2n) is 7.60. The fraction of sp³-hybridized carbons (Fsp3) is 0.0769. The van der Waals surface area contributed by atoms with E-state index in [1.54, 1.807) is 14.2 Å². The van der Waals surface area contributed by atoms with Crippen molar-refractivity contribution in [3.05, 3.63) is 59.3 Å². The Bertz CT molecular complexity index is 1640. The minimum atomic E-state index is 0.807. The highest BCUT2D eigenvalue weighted by molar-refractivity contribution is 7.21. The third kappa shape index (κ3) is 1.80. The topological polar surface area (TPSA) is 18.5 Å². The summed E-state index contributed by atoms with van der Waals surface area (Å²) < 4.78 is 14.5. The molecule has 0 atom stereocenters. The molecule has 0 aliphatic heterocycles. The maximum Gasteiger partial charge on any atom is 0.169 e. The molecule has 2 nitrogen and oxygen atoms in total. The summed E-state index contributed by atoms with van der Waals surface area (Å²) in [6.45, 7) is 0. The van der Waals surface area contributed by atoms with Gasteiger partial charge >= 0.3 is 0 Å². The first-order valence-electron chi connectivity index (χ1n) is 9.84. The van der Waals surface area contributed by atoms with Gasteiger partial charge in [-0.2, -0.15) is 0 Å². The first kappa shape index (κ1) is 16.7. The number of ether oxygens (including phenoxy) is 2. The van der Waals surface area contributed by atoms with Gasteiger partial charge in [0.2, 0.25) is 0 Å². The van der Waals surface area contributed by atoms with E-state index in [2.05, 4.69) is 59.3 Å². The molecule has 0 radical (unpaired) electrons. The quantitative estimate of drug-likeness (QED) is 0.206. The highest BCUT2D eigenvalue weighted by Crippen LogP contribution is 2.53. The van der Waals surface area contributed by atoms with E-state index >= 15 is 0 Å². The van der Waals surface area contributed by atoms with Gasteiger partial charge in [0.1, 0.15) is 0 Å². The predicted octanol–water partition coefficient (Wildman–Crippen LogP) is 8.18. The van der Waals surface area contributed by atoms with E-state index in [1.165, 1.54) is 52.5 Å². The molecule has 5 aromatic carbocycles. The zero-order valence-electron chi connectivity index (χ0n) is 16.4. The fourth-order valence-electron chi connectivity index (χ4n) is 5.26. The molecule has 7 rings (SSSR count). The minimum Gasteiger partial charge on any atom is -0.492 e. The van der Waals surface area contributed by atoms with E-state index in [-0.39, 0.29) is 0 Å². The first-order chi connectivity index (χ1) is 14.8. The molecule has 2 heterocycles. The fourth-order valence-corrected chi connectivity index (χ4v) is 7.21. The minimum absolute atomic E-state index is 0.807. The lowest BCUT2D eigenvalue weighted by molar-refractivity contribution is 0.362. The van der Waals surface area contributed by atoms with Gasteiger partial charge in [0.25, 0.3) is 0 Å². The van der Waals surface area contributed by atoms with Crippen molar-refractivity contribution in [3.63, 3.8) is 0 Å². The molecule has 0 N–H and O–H groups in total. The summed E-state index contributed by atoms with van der Waals surface area (Å²) >= 11 is 3.67. The molecule has 0 spiro atoms. The van der Waals surface area contributed by atoms with Gasteiger partial charge in [-0.05, 0) is 33.7 Å². The van der Waals surface area contributed by atoms with E-state index in [0.29, 0.717) is 0 Å². The number of hydrogen-bond acceptors (Lipinski definition) is 4. The molecular weight excluding hydrogens is 408 g/mol. The van der Waals surface area contributed by atoms with E-state index in [4.69, 9.17) is 9.47 Å². The van der Waals surface area contributed by atoms with Gasteiger partial charge in [0.05, 0.1) is 14.2 Å². The van der Waals surface area contributed by atoms with E-state index in [1.807, 2.05) is 22.7 Å². The number of fused-ring (bicyclic) bond motifs is 8. The lowest BCUT2D eigenvalue weighted by atomic mass is 9.87. The van der Waals surface area contributed by atoms with Gasteiger partial charge in [-0.3, -0.25) is 0 Å². The highest BCUT2D eigenvalue weighted by atomic mass is 32.1. The van der Waals surface area contributed by atoms with Crippen molar-refractivity contribution in [1.82, 2.24) is 0 Å². The molecule has 30 heavy (non-hydrogen) atoms. The van der Waals surface area contributed by atoms with Crippen molar-refractivity contribution >= 4 is 85.9 Å². The highest BCUT2D eigenvalue weighted by Gasteiger charge is 2.23. The summed E-state index contributed by atoms with van der Waals surface area (Å²) in [4.78, 5) is 0. The smallest absolute Gasteiger partial charge is 0.169 e. The van der Waals surface area contributed by atoms with Crippen molar-refractivity contribution in [2.24, 2.45) is 0 Å². The summed E-state index contributed by atoms with van der Waals surface area (Å²) in [6, 6.07) is 17.6. The van der Waals surface area contributed by atoms with Crippen molar-refractivity contribution < 1.29 is 9.47 Å². The number of methoxy groups -OCH3 is 2. The normalized spacial score (nSPS) is 12.3. The average Bonchev–Trinajstić information content (AvgIpc) is 3.46. The van der Waals surface area contributed by atoms with Crippen LogP contribution < -0.4 is 9.47 Å². The molecule has 7 aromatic rings. The summed E-state index contributed by atoms with van der Waals surface area (Å²) in [5.41, 5.74) is 0. The zero-order valence-corrected chi connectivity index (χ0v) is 18.0. The molecular formula is C26H16O2S2. The summed E-state index contributed by atoms with van der Waals surface area (Å²) in [5, 5.41) is 17.1. The van der Waals surface area contributed by atoms with Crippen LogP contribution in [0.5, 0.6) is 11.5 Å². The van der Waals surface area contributed by atoms with Crippen LogP contribution in [0.1, 0.15) is 0 Å². The molecule has 0 fully saturated rings. The Kier molecular flexibility index (Phi) is 3.20. The molecule has 0 saturated carbocycles. The zero-order chi connectivity index (χ0) is 20.0. The Morgan fingerprint density at radius 1 is 0.500 bits per heavy atom. The van der Waals surface area contributed by atoms with Crippen molar-refractivity contribution in [2.45, 2.75) is 0 Å². The third-order valence-electron chi connectivity index (χ3n) is 6.35. The van der Waals surface area contributed by atoms with Crippen LogP contribution in [-0.2, 0) is 0 Å². The number of thiophene rings is 2. The largest absolute Gasteiger partial charge is 0.492 e. The average molecular weight is 425 g/mol. The Labute approximate surface area is 180 Å². The molecule has 0 aliphatic rings. The van der Waals surface area contributed by atoms with Crippen LogP contribution >= 0.6 is 22.7 Å². The van der Waals surface area contributed by atoms with E-state index < -0.39 is 0 Å². The van der Waals surface area contributed by atoms with Crippen LogP contribution in [0.3, 0.4) is 0 Å². The van der Waals surface area contributed by atoms with Crippen molar-refractivity contribution in [1.29, 1.82) is 0 Å². The monoisotopic (exact) mass is 424 g/mol. The lowest BCUT2D eigenvalue weighted by Crippen LogP contribution is -1.96. The summed E-state index contributed by atoms with van der Waals surface area (Å²) in [5.74, 6) is 1.61. The second-order valence-corrected chi connectivity index (χ2v) is 9.43. The maximum absolute atomic E-state index is 5.87. The predicted molar refractivity (Wildman–Crippen MR) is 132 cm³/mol. The number of benzene rings is 5. The molecule has 4 heteroatoms. The molecule has 0 amide bonds. The van der Waals surface area contributed by atoms with Gasteiger partial charge < -0.3 is 9.47 Å². The van der Waals surface area contributed by atoms with Crippen LogP contribution in [0.4, 0.5) is 0 Å². The van der Waals surface area contributed by atoms with Crippen molar-refractivity contribution in [3.8, 4) is 11.5 Å². The first-order valence-corrected chi connectivity index (χ1v) is 11.6. The van der Waals surface area contributed by atoms with Crippen LogP contribution in [0.25, 0.3) is 63.3 Å². The van der Waals surface area contributed by atoms with Gasteiger partial charge in [0.15, 0.2) is 11.5 Å². The Morgan fingerprint density at radius 2 is 0.933 bits per heavy atom.